The minimum atomic E-state index is -3.07. The Balaban J connectivity index is 1.67. The zero-order valence-corrected chi connectivity index (χ0v) is 16.5. The van der Waals surface area contributed by atoms with Crippen molar-refractivity contribution in [3.05, 3.63) is 65.0 Å². The van der Waals surface area contributed by atoms with E-state index in [1.165, 1.54) is 6.20 Å². The number of carbonyl (C=O) groups is 2. The van der Waals surface area contributed by atoms with Crippen molar-refractivity contribution in [2.75, 3.05) is 6.54 Å². The maximum atomic E-state index is 13.5. The van der Waals surface area contributed by atoms with Gasteiger partial charge in [0, 0.05) is 42.8 Å². The van der Waals surface area contributed by atoms with E-state index in [0.717, 1.165) is 16.0 Å². The van der Waals surface area contributed by atoms with Crippen molar-refractivity contribution < 1.29 is 18.4 Å². The van der Waals surface area contributed by atoms with Crippen molar-refractivity contribution in [1.29, 1.82) is 5.26 Å². The molecule has 0 radical (unpaired) electrons. The Labute approximate surface area is 173 Å². The minimum absolute atomic E-state index is 0.131. The molecule has 0 saturated carbocycles. The molecule has 1 aliphatic rings. The SMILES string of the molecule is Cc1ccc(/C=C/c2cnccc2C(=O)CCC(=O)N2CC(F)(F)C[C@H]2C#N)cc1. The Bertz CT molecular complexity index is 1010. The number of hydrogen-bond donors (Lipinski definition) is 0. The maximum Gasteiger partial charge on any atom is 0.268 e. The number of hydrogen-bond acceptors (Lipinski definition) is 4. The zero-order valence-electron chi connectivity index (χ0n) is 16.5. The van der Waals surface area contributed by atoms with Gasteiger partial charge in [-0.2, -0.15) is 5.26 Å². The first-order valence-corrected chi connectivity index (χ1v) is 9.58. The highest BCUT2D eigenvalue weighted by Crippen LogP contribution is 2.32. The zero-order chi connectivity index (χ0) is 21.7. The van der Waals surface area contributed by atoms with Crippen LogP contribution in [0.5, 0.6) is 0 Å². The maximum absolute atomic E-state index is 13.5. The number of nitrogens with zero attached hydrogens (tertiary/aromatic N) is 3. The van der Waals surface area contributed by atoms with Gasteiger partial charge in [0.15, 0.2) is 5.78 Å². The lowest BCUT2D eigenvalue weighted by molar-refractivity contribution is -0.132. The fraction of sp³-hybridized carbons (Fsp3) is 0.304. The van der Waals surface area contributed by atoms with Crippen LogP contribution in [0.3, 0.4) is 0 Å². The van der Waals surface area contributed by atoms with Crippen LogP contribution in [0.4, 0.5) is 8.78 Å². The summed E-state index contributed by atoms with van der Waals surface area (Å²) in [7, 11) is 0. The first kappa shape index (κ1) is 21.3. The molecule has 0 spiro atoms. The number of carbonyl (C=O) groups excluding carboxylic acids is 2. The van der Waals surface area contributed by atoms with E-state index in [4.69, 9.17) is 5.26 Å². The lowest BCUT2D eigenvalue weighted by Crippen LogP contribution is -2.36. The Hall–Kier alpha value is -3.40. The van der Waals surface area contributed by atoms with Crippen molar-refractivity contribution in [1.82, 2.24) is 9.88 Å². The molecule has 0 unspecified atom stereocenters. The second kappa shape index (κ2) is 8.95. The molecule has 1 saturated heterocycles. The van der Waals surface area contributed by atoms with Gasteiger partial charge in [0.2, 0.25) is 5.91 Å². The second-order valence-electron chi connectivity index (χ2n) is 7.36. The normalized spacial score (nSPS) is 17.8. The molecule has 1 aliphatic heterocycles. The van der Waals surface area contributed by atoms with E-state index in [-0.39, 0.29) is 18.6 Å². The van der Waals surface area contributed by atoms with Crippen molar-refractivity contribution in [2.24, 2.45) is 0 Å². The smallest absolute Gasteiger partial charge is 0.268 e. The van der Waals surface area contributed by atoms with Crippen LogP contribution >= 0.6 is 0 Å². The molecule has 0 aliphatic carbocycles. The molecule has 1 aromatic carbocycles. The molecule has 1 atom stereocenters. The van der Waals surface area contributed by atoms with E-state index in [1.54, 1.807) is 24.4 Å². The van der Waals surface area contributed by atoms with Gasteiger partial charge < -0.3 is 4.90 Å². The van der Waals surface area contributed by atoms with E-state index in [0.29, 0.717) is 11.1 Å². The summed E-state index contributed by atoms with van der Waals surface area (Å²) in [5.74, 6) is -3.97. The lowest BCUT2D eigenvalue weighted by Gasteiger charge is -2.18. The van der Waals surface area contributed by atoms with Gasteiger partial charge in [-0.1, -0.05) is 42.0 Å². The van der Waals surface area contributed by atoms with Gasteiger partial charge in [-0.3, -0.25) is 14.6 Å². The fourth-order valence-electron chi connectivity index (χ4n) is 3.35. The van der Waals surface area contributed by atoms with Crippen molar-refractivity contribution >= 4 is 23.8 Å². The molecule has 1 fully saturated rings. The number of ketones is 1. The summed E-state index contributed by atoms with van der Waals surface area (Å²) >= 11 is 0. The highest BCUT2D eigenvalue weighted by Gasteiger charge is 2.47. The molecule has 30 heavy (non-hydrogen) atoms. The first-order chi connectivity index (χ1) is 14.3. The molecular formula is C23H21F2N3O2. The van der Waals surface area contributed by atoms with Gasteiger partial charge in [-0.25, -0.2) is 8.78 Å². The summed E-state index contributed by atoms with van der Waals surface area (Å²) < 4.78 is 27.1. The van der Waals surface area contributed by atoms with Crippen LogP contribution in [-0.4, -0.2) is 40.1 Å². The van der Waals surface area contributed by atoms with Crippen molar-refractivity contribution in [3.8, 4) is 6.07 Å². The highest BCUT2D eigenvalue weighted by molar-refractivity contribution is 6.01. The summed E-state index contributed by atoms with van der Waals surface area (Å²) in [6.45, 7) is 1.22. The van der Waals surface area contributed by atoms with Crippen LogP contribution in [0.15, 0.2) is 42.7 Å². The molecule has 1 aromatic heterocycles. The predicted octanol–water partition coefficient (Wildman–Crippen LogP) is 4.28. The number of alkyl halides is 2. The average molecular weight is 409 g/mol. The number of rotatable bonds is 6. The molecular weight excluding hydrogens is 388 g/mol. The van der Waals surface area contributed by atoms with Gasteiger partial charge in [-0.15, -0.1) is 0 Å². The number of halogens is 2. The van der Waals surface area contributed by atoms with Crippen molar-refractivity contribution in [2.45, 2.75) is 38.2 Å². The van der Waals surface area contributed by atoms with E-state index in [1.807, 2.05) is 37.3 Å². The fourth-order valence-corrected chi connectivity index (χ4v) is 3.35. The molecule has 0 bridgehead atoms. The van der Waals surface area contributed by atoms with Gasteiger partial charge >= 0.3 is 0 Å². The molecule has 3 rings (SSSR count). The standard InChI is InChI=1S/C23H21F2N3O2/c1-16-2-4-17(5-3-16)6-7-18-14-27-11-10-20(18)21(29)8-9-22(30)28-15-23(24,25)12-19(28)13-26/h2-7,10-11,14,19H,8-9,12,15H2,1H3/b7-6+/t19-/m0/s1. The number of aryl methyl sites for hydroxylation is 1. The van der Waals surface area contributed by atoms with Gasteiger partial charge in [0.05, 0.1) is 12.6 Å². The van der Waals surface area contributed by atoms with E-state index >= 15 is 0 Å². The number of nitriles is 1. The number of aromatic nitrogens is 1. The molecule has 2 aromatic rings. The van der Waals surface area contributed by atoms with Crippen LogP contribution < -0.4 is 0 Å². The predicted molar refractivity (Wildman–Crippen MR) is 109 cm³/mol. The summed E-state index contributed by atoms with van der Waals surface area (Å²) in [5, 5.41) is 9.02. The molecule has 5 nitrogen and oxygen atoms in total. The first-order valence-electron chi connectivity index (χ1n) is 9.58. The van der Waals surface area contributed by atoms with Gasteiger partial charge in [0.25, 0.3) is 5.92 Å². The summed E-state index contributed by atoms with van der Waals surface area (Å²) in [5.41, 5.74) is 3.13. The average Bonchev–Trinajstić information content (AvgIpc) is 3.06. The van der Waals surface area contributed by atoms with Gasteiger partial charge in [0.1, 0.15) is 6.04 Å². The second-order valence-corrected chi connectivity index (χ2v) is 7.36. The monoisotopic (exact) mass is 409 g/mol. The highest BCUT2D eigenvalue weighted by atomic mass is 19.3. The number of pyridine rings is 1. The largest absolute Gasteiger partial charge is 0.320 e. The van der Waals surface area contributed by atoms with E-state index in [2.05, 4.69) is 4.98 Å². The third-order valence-electron chi connectivity index (χ3n) is 4.99. The summed E-state index contributed by atoms with van der Waals surface area (Å²) in [4.78, 5) is 29.9. The van der Waals surface area contributed by atoms with Gasteiger partial charge in [-0.05, 0) is 18.6 Å². The molecule has 154 valence electrons. The van der Waals surface area contributed by atoms with Crippen LogP contribution in [0.1, 0.15) is 46.3 Å². The third kappa shape index (κ3) is 5.15. The summed E-state index contributed by atoms with van der Waals surface area (Å²) in [6.07, 6.45) is 5.67. The number of amides is 1. The number of benzene rings is 1. The lowest BCUT2D eigenvalue weighted by atomic mass is 10.0. The third-order valence-corrected chi connectivity index (χ3v) is 4.99. The number of likely N-dealkylation sites (tertiary alicyclic amines) is 1. The summed E-state index contributed by atoms with van der Waals surface area (Å²) in [6, 6.07) is 10.0. The van der Waals surface area contributed by atoms with Crippen LogP contribution in [-0.2, 0) is 4.79 Å². The Morgan fingerprint density at radius 2 is 1.97 bits per heavy atom. The Morgan fingerprint density at radius 3 is 2.67 bits per heavy atom. The van der Waals surface area contributed by atoms with Crippen LogP contribution in [0.2, 0.25) is 0 Å². The van der Waals surface area contributed by atoms with Crippen LogP contribution in [0, 0.1) is 18.3 Å². The Morgan fingerprint density at radius 1 is 1.23 bits per heavy atom. The number of Topliss-reactive ketones (excluding diaryl/α,β-unsaturated/α-hetero) is 1. The Kier molecular flexibility index (Phi) is 6.36. The van der Waals surface area contributed by atoms with Crippen LogP contribution in [0.25, 0.3) is 12.2 Å². The van der Waals surface area contributed by atoms with E-state index in [9.17, 15) is 18.4 Å². The molecule has 0 N–H and O–H groups in total. The molecule has 2 heterocycles. The van der Waals surface area contributed by atoms with E-state index < -0.39 is 30.8 Å². The topological polar surface area (TPSA) is 74.1 Å². The van der Waals surface area contributed by atoms with Crippen molar-refractivity contribution in [3.63, 3.8) is 0 Å². The molecule has 7 heteroatoms. The quantitative estimate of drug-likeness (QED) is 0.668. The minimum Gasteiger partial charge on any atom is -0.320 e. The molecule has 1 amide bonds.